The van der Waals surface area contributed by atoms with Crippen molar-refractivity contribution in [1.82, 2.24) is 5.32 Å². The third-order valence-electron chi connectivity index (χ3n) is 3.53. The lowest BCUT2D eigenvalue weighted by Crippen LogP contribution is -2.44. The van der Waals surface area contributed by atoms with E-state index in [2.05, 4.69) is 5.32 Å². The summed E-state index contributed by atoms with van der Waals surface area (Å²) < 4.78 is 4.90. The molecule has 0 bridgehead atoms. The van der Waals surface area contributed by atoms with Crippen LogP contribution in [0.25, 0.3) is 0 Å². The van der Waals surface area contributed by atoms with E-state index in [0.717, 1.165) is 25.7 Å². The van der Waals surface area contributed by atoms with Crippen molar-refractivity contribution in [3.63, 3.8) is 0 Å². The lowest BCUT2D eigenvalue weighted by atomic mass is 9.86. The number of hydrogen-bond acceptors (Lipinski definition) is 3. The van der Waals surface area contributed by atoms with Crippen LogP contribution in [0.5, 0.6) is 0 Å². The van der Waals surface area contributed by atoms with Gasteiger partial charge in [-0.1, -0.05) is 13.3 Å². The van der Waals surface area contributed by atoms with Crippen molar-refractivity contribution in [2.45, 2.75) is 45.1 Å². The summed E-state index contributed by atoms with van der Waals surface area (Å²) in [7, 11) is 1.64. The van der Waals surface area contributed by atoms with Gasteiger partial charge in [0.2, 0.25) is 5.91 Å². The normalized spacial score (nSPS) is 29.3. The lowest BCUT2D eigenvalue weighted by molar-refractivity contribution is -0.123. The molecule has 2 unspecified atom stereocenters. The lowest BCUT2D eigenvalue weighted by Gasteiger charge is -2.30. The summed E-state index contributed by atoms with van der Waals surface area (Å²) in [5.74, 6) is 0.0728. The fraction of sp³-hybridized carbons (Fsp3) is 0.917. The highest BCUT2D eigenvalue weighted by Crippen LogP contribution is 2.37. The molecular formula is C12H23NO3. The standard InChI is InChI=1S/C12H23NO3/c1-12(9-14)7-3-5-10(12)13-11(15)6-4-8-16-2/h10,14H,3-9H2,1-2H3,(H,13,15). The molecule has 1 rings (SSSR count). The molecule has 1 aliphatic carbocycles. The van der Waals surface area contributed by atoms with Crippen molar-refractivity contribution in [2.24, 2.45) is 5.41 Å². The summed E-state index contributed by atoms with van der Waals surface area (Å²) in [6, 6.07) is 0.132. The minimum absolute atomic E-state index is 0.0728. The average Bonchev–Trinajstić information content (AvgIpc) is 2.62. The van der Waals surface area contributed by atoms with Crippen LogP contribution in [0.2, 0.25) is 0 Å². The first kappa shape index (κ1) is 13.5. The fourth-order valence-corrected chi connectivity index (χ4v) is 2.31. The van der Waals surface area contributed by atoms with E-state index in [0.29, 0.717) is 13.0 Å². The Morgan fingerprint density at radius 2 is 2.38 bits per heavy atom. The molecule has 94 valence electrons. The maximum Gasteiger partial charge on any atom is 0.220 e. The monoisotopic (exact) mass is 229 g/mol. The molecular weight excluding hydrogens is 206 g/mol. The number of methoxy groups -OCH3 is 1. The Bertz CT molecular complexity index is 232. The van der Waals surface area contributed by atoms with Gasteiger partial charge in [0.15, 0.2) is 0 Å². The minimum Gasteiger partial charge on any atom is -0.396 e. The van der Waals surface area contributed by atoms with Gasteiger partial charge in [-0.05, 0) is 19.3 Å². The first-order valence-corrected chi connectivity index (χ1v) is 6.01. The highest BCUT2D eigenvalue weighted by molar-refractivity contribution is 5.76. The van der Waals surface area contributed by atoms with Crippen LogP contribution in [-0.2, 0) is 9.53 Å². The molecule has 1 amide bonds. The van der Waals surface area contributed by atoms with Gasteiger partial charge in [-0.25, -0.2) is 0 Å². The zero-order chi connectivity index (χ0) is 12.0. The van der Waals surface area contributed by atoms with Crippen LogP contribution in [0, 0.1) is 5.41 Å². The second-order valence-electron chi connectivity index (χ2n) is 4.92. The Balaban J connectivity index is 2.33. The van der Waals surface area contributed by atoms with Crippen LogP contribution in [0.3, 0.4) is 0 Å². The average molecular weight is 229 g/mol. The van der Waals surface area contributed by atoms with Crippen molar-refractivity contribution < 1.29 is 14.6 Å². The number of carbonyl (C=O) groups is 1. The molecule has 1 aliphatic rings. The van der Waals surface area contributed by atoms with E-state index in [9.17, 15) is 9.90 Å². The Hall–Kier alpha value is -0.610. The maximum atomic E-state index is 11.6. The smallest absolute Gasteiger partial charge is 0.220 e. The van der Waals surface area contributed by atoms with Crippen LogP contribution < -0.4 is 5.32 Å². The van der Waals surface area contributed by atoms with Gasteiger partial charge in [0, 0.05) is 31.6 Å². The van der Waals surface area contributed by atoms with E-state index >= 15 is 0 Å². The molecule has 0 aromatic heterocycles. The highest BCUT2D eigenvalue weighted by Gasteiger charge is 2.38. The van der Waals surface area contributed by atoms with Crippen molar-refractivity contribution in [3.8, 4) is 0 Å². The van der Waals surface area contributed by atoms with Crippen LogP contribution in [-0.4, -0.2) is 37.4 Å². The van der Waals surface area contributed by atoms with E-state index < -0.39 is 0 Å². The Morgan fingerprint density at radius 1 is 1.62 bits per heavy atom. The molecule has 1 fully saturated rings. The minimum atomic E-state index is -0.128. The molecule has 16 heavy (non-hydrogen) atoms. The molecule has 0 heterocycles. The number of rotatable bonds is 6. The zero-order valence-corrected chi connectivity index (χ0v) is 10.3. The summed E-state index contributed by atoms with van der Waals surface area (Å²) in [5.41, 5.74) is -0.128. The second-order valence-corrected chi connectivity index (χ2v) is 4.92. The van der Waals surface area contributed by atoms with Gasteiger partial charge in [0.05, 0.1) is 6.61 Å². The molecule has 2 atom stereocenters. The molecule has 4 heteroatoms. The maximum absolute atomic E-state index is 11.6. The Kier molecular flexibility index (Phi) is 5.22. The number of hydrogen-bond donors (Lipinski definition) is 2. The van der Waals surface area contributed by atoms with Crippen molar-refractivity contribution >= 4 is 5.91 Å². The SMILES string of the molecule is COCCCC(=O)NC1CCCC1(C)CO. The quantitative estimate of drug-likeness (QED) is 0.670. The number of aliphatic hydroxyl groups excluding tert-OH is 1. The number of nitrogens with one attached hydrogen (secondary N) is 1. The van der Waals surface area contributed by atoms with Gasteiger partial charge < -0.3 is 15.2 Å². The van der Waals surface area contributed by atoms with E-state index in [1.54, 1.807) is 7.11 Å². The molecule has 0 aromatic rings. The summed E-state index contributed by atoms with van der Waals surface area (Å²) >= 11 is 0. The fourth-order valence-electron chi connectivity index (χ4n) is 2.31. The zero-order valence-electron chi connectivity index (χ0n) is 10.3. The van der Waals surface area contributed by atoms with Crippen LogP contribution >= 0.6 is 0 Å². The van der Waals surface area contributed by atoms with Crippen LogP contribution in [0.4, 0.5) is 0 Å². The predicted molar refractivity (Wildman–Crippen MR) is 62.1 cm³/mol. The van der Waals surface area contributed by atoms with Gasteiger partial charge in [-0.15, -0.1) is 0 Å². The predicted octanol–water partition coefficient (Wildman–Crippen LogP) is 1.08. The first-order valence-electron chi connectivity index (χ1n) is 6.01. The van der Waals surface area contributed by atoms with E-state index in [-0.39, 0.29) is 24.0 Å². The summed E-state index contributed by atoms with van der Waals surface area (Å²) in [4.78, 5) is 11.6. The van der Waals surface area contributed by atoms with Crippen molar-refractivity contribution in [1.29, 1.82) is 0 Å². The third kappa shape index (κ3) is 3.46. The van der Waals surface area contributed by atoms with E-state index in [1.165, 1.54) is 0 Å². The van der Waals surface area contributed by atoms with Gasteiger partial charge in [-0.2, -0.15) is 0 Å². The number of aliphatic hydroxyl groups is 1. The summed E-state index contributed by atoms with van der Waals surface area (Å²) in [5, 5.41) is 12.4. The van der Waals surface area contributed by atoms with Crippen molar-refractivity contribution in [2.75, 3.05) is 20.3 Å². The van der Waals surface area contributed by atoms with Gasteiger partial charge in [0.1, 0.15) is 0 Å². The molecule has 0 radical (unpaired) electrons. The summed E-state index contributed by atoms with van der Waals surface area (Å²) in [6.07, 6.45) is 4.32. The molecule has 0 saturated heterocycles. The third-order valence-corrected chi connectivity index (χ3v) is 3.53. The molecule has 0 aliphatic heterocycles. The Labute approximate surface area is 97.4 Å². The van der Waals surface area contributed by atoms with E-state index in [4.69, 9.17) is 4.74 Å². The topological polar surface area (TPSA) is 58.6 Å². The first-order chi connectivity index (χ1) is 7.62. The molecule has 0 aromatic carbocycles. The van der Waals surface area contributed by atoms with Crippen molar-refractivity contribution in [3.05, 3.63) is 0 Å². The molecule has 0 spiro atoms. The second kappa shape index (κ2) is 6.21. The molecule has 4 nitrogen and oxygen atoms in total. The Morgan fingerprint density at radius 3 is 3.00 bits per heavy atom. The summed E-state index contributed by atoms with van der Waals surface area (Å²) in [6.45, 7) is 2.81. The highest BCUT2D eigenvalue weighted by atomic mass is 16.5. The largest absolute Gasteiger partial charge is 0.396 e. The molecule has 2 N–H and O–H groups in total. The van der Waals surface area contributed by atoms with E-state index in [1.807, 2.05) is 6.92 Å². The molecule has 1 saturated carbocycles. The number of amides is 1. The van der Waals surface area contributed by atoms with Gasteiger partial charge in [-0.3, -0.25) is 4.79 Å². The van der Waals surface area contributed by atoms with Gasteiger partial charge in [0.25, 0.3) is 0 Å². The number of ether oxygens (including phenoxy) is 1. The van der Waals surface area contributed by atoms with Crippen LogP contribution in [0.15, 0.2) is 0 Å². The van der Waals surface area contributed by atoms with Crippen LogP contribution in [0.1, 0.15) is 39.0 Å². The van der Waals surface area contributed by atoms with Gasteiger partial charge >= 0.3 is 0 Å². The number of carbonyl (C=O) groups excluding carboxylic acids is 1.